The number of hydrogen-bond acceptors (Lipinski definition) is 5. The van der Waals surface area contributed by atoms with Gasteiger partial charge in [-0.05, 0) is 29.8 Å². The Morgan fingerprint density at radius 1 is 1.08 bits per heavy atom. The fraction of sp³-hybridized carbons (Fsp3) is 0.0588. The van der Waals surface area contributed by atoms with Crippen LogP contribution in [0.15, 0.2) is 71.1 Å². The summed E-state index contributed by atoms with van der Waals surface area (Å²) >= 11 is 1.32. The van der Waals surface area contributed by atoms with Gasteiger partial charge < -0.3 is 0 Å². The second-order valence-corrected chi connectivity index (χ2v) is 7.95. The van der Waals surface area contributed by atoms with Crippen molar-refractivity contribution >= 4 is 32.2 Å². The topological polar surface area (TPSA) is 76.1 Å². The number of carbonyl (C=O) groups is 1. The molecule has 1 N–H and O–H groups in total. The SMILES string of the molecule is O=C(Nc1nccs1)c1cccc(CS(=O)(=O)c2ccccc2)c1. The normalized spacial score (nSPS) is 11.2. The molecule has 0 radical (unpaired) electrons. The van der Waals surface area contributed by atoms with E-state index in [0.717, 1.165) is 0 Å². The van der Waals surface area contributed by atoms with Crippen molar-refractivity contribution in [1.82, 2.24) is 4.98 Å². The van der Waals surface area contributed by atoms with E-state index in [1.54, 1.807) is 66.2 Å². The molecule has 0 unspecified atom stereocenters. The summed E-state index contributed by atoms with van der Waals surface area (Å²) in [7, 11) is -3.45. The average molecular weight is 358 g/mol. The van der Waals surface area contributed by atoms with Gasteiger partial charge in [0.05, 0.1) is 10.6 Å². The molecule has 0 saturated heterocycles. The highest BCUT2D eigenvalue weighted by molar-refractivity contribution is 7.90. The van der Waals surface area contributed by atoms with Gasteiger partial charge in [-0.25, -0.2) is 13.4 Å². The van der Waals surface area contributed by atoms with E-state index in [-0.39, 0.29) is 16.6 Å². The maximum Gasteiger partial charge on any atom is 0.257 e. The van der Waals surface area contributed by atoms with Crippen LogP contribution in [0.1, 0.15) is 15.9 Å². The Kier molecular flexibility index (Phi) is 4.73. The monoisotopic (exact) mass is 358 g/mol. The lowest BCUT2D eigenvalue weighted by molar-refractivity contribution is 0.102. The molecular formula is C17H14N2O3S2. The van der Waals surface area contributed by atoms with Crippen LogP contribution in [0, 0.1) is 0 Å². The highest BCUT2D eigenvalue weighted by atomic mass is 32.2. The number of benzene rings is 2. The minimum absolute atomic E-state index is 0.157. The Morgan fingerprint density at radius 3 is 2.58 bits per heavy atom. The first-order chi connectivity index (χ1) is 11.5. The van der Waals surface area contributed by atoms with Crippen molar-refractivity contribution in [2.24, 2.45) is 0 Å². The molecule has 0 atom stereocenters. The van der Waals surface area contributed by atoms with Gasteiger partial charge in [0.2, 0.25) is 0 Å². The number of hydrogen-bond donors (Lipinski definition) is 1. The van der Waals surface area contributed by atoms with Gasteiger partial charge in [-0.1, -0.05) is 30.3 Å². The average Bonchev–Trinajstić information content (AvgIpc) is 3.08. The van der Waals surface area contributed by atoms with E-state index >= 15 is 0 Å². The highest BCUT2D eigenvalue weighted by Crippen LogP contribution is 2.18. The molecule has 2 aromatic carbocycles. The Balaban J connectivity index is 1.79. The van der Waals surface area contributed by atoms with Gasteiger partial charge in [0.1, 0.15) is 0 Å². The van der Waals surface area contributed by atoms with Gasteiger partial charge in [-0.3, -0.25) is 10.1 Å². The third-order valence-electron chi connectivity index (χ3n) is 3.30. The molecule has 0 aliphatic heterocycles. The number of carbonyl (C=O) groups excluding carboxylic acids is 1. The molecule has 24 heavy (non-hydrogen) atoms. The summed E-state index contributed by atoms with van der Waals surface area (Å²) in [6.45, 7) is 0. The van der Waals surface area contributed by atoms with Crippen LogP contribution in [0.3, 0.4) is 0 Å². The Labute approximate surface area is 143 Å². The maximum absolute atomic E-state index is 12.4. The van der Waals surface area contributed by atoms with Crippen LogP contribution >= 0.6 is 11.3 Å². The van der Waals surface area contributed by atoms with E-state index in [1.165, 1.54) is 11.3 Å². The first-order valence-corrected chi connectivity index (χ1v) is 9.65. The van der Waals surface area contributed by atoms with Gasteiger partial charge in [0.15, 0.2) is 15.0 Å². The van der Waals surface area contributed by atoms with Gasteiger partial charge in [-0.2, -0.15) is 0 Å². The van der Waals surface area contributed by atoms with Crippen molar-refractivity contribution in [1.29, 1.82) is 0 Å². The summed E-state index contributed by atoms with van der Waals surface area (Å²) < 4.78 is 24.9. The lowest BCUT2D eigenvalue weighted by Gasteiger charge is -2.07. The quantitative estimate of drug-likeness (QED) is 0.759. The van der Waals surface area contributed by atoms with E-state index in [9.17, 15) is 13.2 Å². The first-order valence-electron chi connectivity index (χ1n) is 7.12. The zero-order valence-electron chi connectivity index (χ0n) is 12.5. The smallest absolute Gasteiger partial charge is 0.257 e. The number of aromatic nitrogens is 1. The summed E-state index contributed by atoms with van der Waals surface area (Å²) in [6.07, 6.45) is 1.60. The van der Waals surface area contributed by atoms with Crippen molar-refractivity contribution < 1.29 is 13.2 Å². The molecule has 7 heteroatoms. The van der Waals surface area contributed by atoms with Crippen LogP contribution in [-0.4, -0.2) is 19.3 Å². The fourth-order valence-corrected chi connectivity index (χ4v) is 4.07. The van der Waals surface area contributed by atoms with Crippen LogP contribution in [0.4, 0.5) is 5.13 Å². The van der Waals surface area contributed by atoms with Crippen LogP contribution in [0.5, 0.6) is 0 Å². The Morgan fingerprint density at radius 2 is 1.88 bits per heavy atom. The Hall–Kier alpha value is -2.51. The number of nitrogens with zero attached hydrogens (tertiary/aromatic N) is 1. The molecule has 0 aliphatic rings. The number of amides is 1. The third-order valence-corrected chi connectivity index (χ3v) is 5.69. The molecule has 0 spiro atoms. The molecule has 1 heterocycles. The van der Waals surface area contributed by atoms with Crippen molar-refractivity contribution in [3.05, 3.63) is 77.3 Å². The molecule has 3 aromatic rings. The van der Waals surface area contributed by atoms with Crippen molar-refractivity contribution in [2.45, 2.75) is 10.6 Å². The van der Waals surface area contributed by atoms with Crippen LogP contribution in [0.25, 0.3) is 0 Å². The number of nitrogens with one attached hydrogen (secondary N) is 1. The second kappa shape index (κ2) is 6.94. The highest BCUT2D eigenvalue weighted by Gasteiger charge is 2.16. The summed E-state index contributed by atoms with van der Waals surface area (Å²) in [5.41, 5.74) is 0.955. The minimum Gasteiger partial charge on any atom is -0.298 e. The third kappa shape index (κ3) is 3.87. The molecule has 1 amide bonds. The lowest BCUT2D eigenvalue weighted by atomic mass is 10.1. The molecular weight excluding hydrogens is 344 g/mol. The first kappa shape index (κ1) is 16.4. The summed E-state index contributed by atoms with van der Waals surface area (Å²) in [5.74, 6) is -0.473. The second-order valence-electron chi connectivity index (χ2n) is 5.06. The van der Waals surface area contributed by atoms with Crippen molar-refractivity contribution in [2.75, 3.05) is 5.32 Å². The van der Waals surface area contributed by atoms with E-state index in [4.69, 9.17) is 0 Å². The standard InChI is InChI=1S/C17H14N2O3S2/c20-16(19-17-18-9-10-23-17)14-6-4-5-13(11-14)12-24(21,22)15-7-2-1-3-8-15/h1-11H,12H2,(H,18,19,20). The molecule has 122 valence electrons. The van der Waals surface area contributed by atoms with E-state index in [1.807, 2.05) is 0 Å². The zero-order chi connectivity index (χ0) is 17.0. The van der Waals surface area contributed by atoms with E-state index < -0.39 is 9.84 Å². The van der Waals surface area contributed by atoms with Gasteiger partial charge in [0.25, 0.3) is 5.91 Å². The lowest BCUT2D eigenvalue weighted by Crippen LogP contribution is -2.12. The number of anilines is 1. The molecule has 3 rings (SSSR count). The van der Waals surface area contributed by atoms with Gasteiger partial charge in [-0.15, -0.1) is 11.3 Å². The summed E-state index contributed by atoms with van der Waals surface area (Å²) in [6, 6.07) is 14.9. The maximum atomic E-state index is 12.4. The zero-order valence-corrected chi connectivity index (χ0v) is 14.2. The molecule has 0 aliphatic carbocycles. The van der Waals surface area contributed by atoms with E-state index in [2.05, 4.69) is 10.3 Å². The predicted octanol–water partition coefficient (Wildman–Crippen LogP) is 3.37. The molecule has 0 bridgehead atoms. The van der Waals surface area contributed by atoms with E-state index in [0.29, 0.717) is 16.3 Å². The largest absolute Gasteiger partial charge is 0.298 e. The van der Waals surface area contributed by atoms with Gasteiger partial charge in [0, 0.05) is 17.1 Å². The molecule has 5 nitrogen and oxygen atoms in total. The van der Waals surface area contributed by atoms with Crippen molar-refractivity contribution in [3.63, 3.8) is 0 Å². The van der Waals surface area contributed by atoms with Crippen LogP contribution < -0.4 is 5.32 Å². The summed E-state index contributed by atoms with van der Waals surface area (Å²) in [5, 5.41) is 4.94. The molecule has 0 fully saturated rings. The number of rotatable bonds is 5. The molecule has 0 saturated carbocycles. The van der Waals surface area contributed by atoms with Crippen LogP contribution in [-0.2, 0) is 15.6 Å². The number of sulfone groups is 1. The van der Waals surface area contributed by atoms with Crippen LogP contribution in [0.2, 0.25) is 0 Å². The Bertz CT molecular complexity index is 937. The summed E-state index contributed by atoms with van der Waals surface area (Å²) in [4.78, 5) is 16.5. The minimum atomic E-state index is -3.45. The predicted molar refractivity (Wildman–Crippen MR) is 93.8 cm³/mol. The van der Waals surface area contributed by atoms with Gasteiger partial charge >= 0.3 is 0 Å². The fourth-order valence-electron chi connectivity index (χ4n) is 2.19. The molecule has 1 aromatic heterocycles. The number of thiazole rings is 1. The van der Waals surface area contributed by atoms with Crippen molar-refractivity contribution in [3.8, 4) is 0 Å².